The lowest BCUT2D eigenvalue weighted by molar-refractivity contribution is -0.133. The minimum Gasteiger partial charge on any atom is -0.359 e. The lowest BCUT2D eigenvalue weighted by atomic mass is 9.76. The van der Waals surface area contributed by atoms with Gasteiger partial charge in [-0.25, -0.2) is 0 Å². The van der Waals surface area contributed by atoms with Gasteiger partial charge in [-0.1, -0.05) is 0 Å². The Morgan fingerprint density at radius 1 is 0.692 bits per heavy atom. The van der Waals surface area contributed by atoms with E-state index < -0.39 is 0 Å². The van der Waals surface area contributed by atoms with Gasteiger partial charge in [-0.05, 0) is 77.5 Å². The smallest absolute Gasteiger partial charge is 0.101 e. The van der Waals surface area contributed by atoms with E-state index in [0.717, 1.165) is 11.8 Å². The number of thioether (sulfide) groups is 2. The van der Waals surface area contributed by atoms with E-state index >= 15 is 0 Å². The maximum Gasteiger partial charge on any atom is 0.101 e. The van der Waals surface area contributed by atoms with E-state index in [1.165, 1.54) is 76.5 Å². The fourth-order valence-corrected chi connectivity index (χ4v) is 8.50. The monoisotopic (exact) mass is 398 g/mol. The molecule has 6 heteroatoms. The number of hydrogen-bond donors (Lipinski definition) is 0. The normalized spacial score (nSPS) is 54.7. The third kappa shape index (κ3) is 3.26. The van der Waals surface area contributed by atoms with Crippen LogP contribution >= 0.6 is 23.5 Å². The first-order valence-corrected chi connectivity index (χ1v) is 12.7. The lowest BCUT2D eigenvalue weighted by Gasteiger charge is -2.50. The SMILES string of the molecule is C[C@@H]1O[C@@]2(CS1)CN1CCC2CC1.C[C@@H]1O[C@@]2(CS1)CN1CCC2CC1. The molecule has 4 atom stereocenters. The van der Waals surface area contributed by atoms with E-state index in [1.54, 1.807) is 0 Å². The Kier molecular flexibility index (Phi) is 5.07. The fraction of sp³-hybridized carbons (Fsp3) is 1.00. The van der Waals surface area contributed by atoms with Crippen molar-refractivity contribution >= 4 is 23.5 Å². The molecule has 26 heavy (non-hydrogen) atoms. The zero-order chi connectivity index (χ0) is 17.8. The van der Waals surface area contributed by atoms with Crippen LogP contribution in [0, 0.1) is 11.8 Å². The van der Waals surface area contributed by atoms with Crippen molar-refractivity contribution in [2.24, 2.45) is 11.8 Å². The Bertz CT molecular complexity index is 476. The molecule has 148 valence electrons. The molecular formula is C20H34N2O2S2. The van der Waals surface area contributed by atoms with Gasteiger partial charge in [0.05, 0.1) is 11.2 Å². The van der Waals surface area contributed by atoms with Crippen LogP contribution in [0.3, 0.4) is 0 Å². The van der Waals surface area contributed by atoms with Crippen molar-refractivity contribution in [3.05, 3.63) is 0 Å². The van der Waals surface area contributed by atoms with Crippen LogP contribution in [0.5, 0.6) is 0 Å². The summed E-state index contributed by atoms with van der Waals surface area (Å²) in [6.07, 6.45) is 5.47. The predicted molar refractivity (Wildman–Crippen MR) is 110 cm³/mol. The molecule has 0 N–H and O–H groups in total. The van der Waals surface area contributed by atoms with Gasteiger partial charge in [-0.3, -0.25) is 0 Å². The molecule has 8 rings (SSSR count). The Labute approximate surface area is 167 Å². The van der Waals surface area contributed by atoms with Gasteiger partial charge in [0.15, 0.2) is 0 Å². The maximum atomic E-state index is 6.14. The van der Waals surface area contributed by atoms with E-state index in [9.17, 15) is 0 Å². The molecule has 8 aliphatic rings. The van der Waals surface area contributed by atoms with E-state index in [1.807, 2.05) is 23.5 Å². The molecule has 0 saturated carbocycles. The second kappa shape index (κ2) is 7.10. The van der Waals surface area contributed by atoms with Crippen LogP contribution < -0.4 is 0 Å². The number of nitrogens with zero attached hydrogens (tertiary/aromatic N) is 2. The third-order valence-corrected chi connectivity index (χ3v) is 10.0. The number of rotatable bonds is 0. The van der Waals surface area contributed by atoms with Crippen LogP contribution in [0.25, 0.3) is 0 Å². The molecule has 0 unspecified atom stereocenters. The standard InChI is InChI=1S/2C10H17NOS/c2*1-8-12-10(7-13-8)6-11-4-2-9(10)3-5-11/h2*8-9H,2-7H2,1H3/t2*8-,10-/m11/s1. The number of fused-ring (bicyclic) bond motifs is 4. The second-order valence-electron chi connectivity index (χ2n) is 9.22. The van der Waals surface area contributed by atoms with Crippen molar-refractivity contribution in [2.45, 2.75) is 61.6 Å². The summed E-state index contributed by atoms with van der Waals surface area (Å²) in [7, 11) is 0. The molecule has 0 radical (unpaired) electrons. The summed E-state index contributed by atoms with van der Waals surface area (Å²) >= 11 is 3.99. The van der Waals surface area contributed by atoms with Gasteiger partial charge in [-0.15, -0.1) is 23.5 Å². The zero-order valence-corrected chi connectivity index (χ0v) is 18.0. The average molecular weight is 399 g/mol. The molecule has 4 bridgehead atoms. The van der Waals surface area contributed by atoms with Gasteiger partial charge in [0.25, 0.3) is 0 Å². The minimum absolute atomic E-state index is 0.251. The highest BCUT2D eigenvalue weighted by Crippen LogP contribution is 2.47. The Hall–Kier alpha value is 0.540. The molecular weight excluding hydrogens is 364 g/mol. The number of piperidine rings is 6. The van der Waals surface area contributed by atoms with E-state index in [4.69, 9.17) is 9.47 Å². The fourth-order valence-electron chi connectivity index (χ4n) is 6.16. The highest BCUT2D eigenvalue weighted by Gasteiger charge is 2.52. The van der Waals surface area contributed by atoms with Crippen molar-refractivity contribution in [1.29, 1.82) is 0 Å². The predicted octanol–water partition coefficient (Wildman–Crippen LogP) is 3.12. The summed E-state index contributed by atoms with van der Waals surface area (Å²) in [5, 5.41) is 0. The molecule has 0 aliphatic carbocycles. The topological polar surface area (TPSA) is 24.9 Å². The molecule has 8 saturated heterocycles. The lowest BCUT2D eigenvalue weighted by Crippen LogP contribution is -2.60. The average Bonchev–Trinajstić information content (AvgIpc) is 3.20. The van der Waals surface area contributed by atoms with Crippen molar-refractivity contribution in [1.82, 2.24) is 9.80 Å². The summed E-state index contributed by atoms with van der Waals surface area (Å²) < 4.78 is 12.3. The highest BCUT2D eigenvalue weighted by atomic mass is 32.2. The van der Waals surface area contributed by atoms with Gasteiger partial charge < -0.3 is 19.3 Å². The summed E-state index contributed by atoms with van der Waals surface area (Å²) in [4.78, 5) is 5.16. The third-order valence-electron chi connectivity index (χ3n) is 7.57. The van der Waals surface area contributed by atoms with Crippen LogP contribution in [0.1, 0.15) is 39.5 Å². The molecule has 8 aliphatic heterocycles. The molecule has 8 fully saturated rings. The van der Waals surface area contributed by atoms with Gasteiger partial charge in [0, 0.05) is 24.6 Å². The second-order valence-corrected chi connectivity index (χ2v) is 11.8. The highest BCUT2D eigenvalue weighted by molar-refractivity contribution is 8.00. The Morgan fingerprint density at radius 2 is 1.08 bits per heavy atom. The van der Waals surface area contributed by atoms with Gasteiger partial charge in [0.1, 0.15) is 10.9 Å². The molecule has 4 nitrogen and oxygen atoms in total. The van der Waals surface area contributed by atoms with Crippen molar-refractivity contribution in [3.8, 4) is 0 Å². The molecule has 2 spiro atoms. The van der Waals surface area contributed by atoms with Crippen molar-refractivity contribution in [2.75, 3.05) is 50.8 Å². The number of ether oxygens (including phenoxy) is 2. The maximum absolute atomic E-state index is 6.14. The first-order valence-electron chi connectivity index (χ1n) is 10.6. The van der Waals surface area contributed by atoms with E-state index in [2.05, 4.69) is 23.6 Å². The van der Waals surface area contributed by atoms with Crippen molar-refractivity contribution in [3.63, 3.8) is 0 Å². The molecule has 8 heterocycles. The Morgan fingerprint density at radius 3 is 1.31 bits per heavy atom. The molecule has 0 aromatic rings. The summed E-state index contributed by atoms with van der Waals surface area (Å²) in [5.74, 6) is 4.18. The molecule has 0 aromatic carbocycles. The molecule has 0 amide bonds. The van der Waals surface area contributed by atoms with E-state index in [-0.39, 0.29) is 11.2 Å². The quantitative estimate of drug-likeness (QED) is 0.622. The molecule has 0 aromatic heterocycles. The summed E-state index contributed by atoms with van der Waals surface area (Å²) in [6, 6.07) is 0. The van der Waals surface area contributed by atoms with Gasteiger partial charge in [0.2, 0.25) is 0 Å². The first-order chi connectivity index (χ1) is 12.6. The van der Waals surface area contributed by atoms with Crippen LogP contribution in [0.4, 0.5) is 0 Å². The Balaban J connectivity index is 0.000000115. The minimum atomic E-state index is 0.251. The van der Waals surface area contributed by atoms with Gasteiger partial charge >= 0.3 is 0 Å². The van der Waals surface area contributed by atoms with Gasteiger partial charge in [-0.2, -0.15) is 0 Å². The van der Waals surface area contributed by atoms with E-state index in [0.29, 0.717) is 10.9 Å². The van der Waals surface area contributed by atoms with Crippen LogP contribution in [0.2, 0.25) is 0 Å². The first kappa shape index (κ1) is 18.6. The van der Waals surface area contributed by atoms with Crippen molar-refractivity contribution < 1.29 is 9.47 Å². The van der Waals surface area contributed by atoms with Crippen LogP contribution in [-0.2, 0) is 9.47 Å². The van der Waals surface area contributed by atoms with Crippen LogP contribution in [0.15, 0.2) is 0 Å². The van der Waals surface area contributed by atoms with Crippen LogP contribution in [-0.4, -0.2) is 82.6 Å². The summed E-state index contributed by atoms with van der Waals surface area (Å²) in [5.41, 5.74) is 1.36. The summed E-state index contributed by atoms with van der Waals surface area (Å²) in [6.45, 7) is 12.0. The largest absolute Gasteiger partial charge is 0.359 e. The number of hydrogen-bond acceptors (Lipinski definition) is 6. The zero-order valence-electron chi connectivity index (χ0n) is 16.3.